The molecule has 0 spiro atoms. The Bertz CT molecular complexity index is 716. The highest BCUT2D eigenvalue weighted by molar-refractivity contribution is 6.30. The molecule has 21 heavy (non-hydrogen) atoms. The molecular formula is C18H12ClNO. The van der Waals surface area contributed by atoms with E-state index in [0.29, 0.717) is 16.3 Å². The maximum absolute atomic E-state index is 9.28. The fraction of sp³-hybridized carbons (Fsp3) is 0.0556. The number of nitrogens with zero attached hydrogens (tertiary/aromatic N) is 1. The first-order chi connectivity index (χ1) is 10.2. The number of rotatable bonds is 4. The molecule has 0 radical (unpaired) electrons. The van der Waals surface area contributed by atoms with Gasteiger partial charge in [0.2, 0.25) is 0 Å². The minimum Gasteiger partial charge on any atom is -0.481 e. The topological polar surface area (TPSA) is 33.0 Å². The quantitative estimate of drug-likeness (QED) is 0.475. The molecule has 0 fully saturated rings. The molecule has 102 valence electrons. The summed E-state index contributed by atoms with van der Waals surface area (Å²) in [6.45, 7) is 0.239. The van der Waals surface area contributed by atoms with Gasteiger partial charge in [-0.2, -0.15) is 5.26 Å². The van der Waals surface area contributed by atoms with E-state index in [2.05, 4.69) is 12.0 Å². The Hall–Kier alpha value is -2.68. The van der Waals surface area contributed by atoms with Crippen LogP contribution in [-0.4, -0.2) is 6.61 Å². The predicted octanol–water partition coefficient (Wildman–Crippen LogP) is 4.42. The summed E-state index contributed by atoms with van der Waals surface area (Å²) in [6, 6.07) is 16.8. The second-order valence-corrected chi connectivity index (χ2v) is 4.67. The normalized spacial score (nSPS) is 10.5. The maximum Gasteiger partial charge on any atom is 0.148 e. The van der Waals surface area contributed by atoms with E-state index >= 15 is 0 Å². The van der Waals surface area contributed by atoms with E-state index in [9.17, 15) is 5.26 Å². The fourth-order valence-electron chi connectivity index (χ4n) is 1.76. The van der Waals surface area contributed by atoms with Crippen molar-refractivity contribution in [2.75, 3.05) is 6.61 Å². The zero-order chi connectivity index (χ0) is 15.1. The summed E-state index contributed by atoms with van der Waals surface area (Å²) in [5, 5.41) is 9.93. The summed E-state index contributed by atoms with van der Waals surface area (Å²) >= 11 is 5.85. The number of allylic oxidation sites excluding steroid dienone is 1. The van der Waals surface area contributed by atoms with Crippen molar-refractivity contribution in [3.05, 3.63) is 64.7 Å². The second kappa shape index (κ2) is 7.20. The average Bonchev–Trinajstić information content (AvgIpc) is 2.53. The first-order valence-corrected chi connectivity index (χ1v) is 6.65. The van der Waals surface area contributed by atoms with Gasteiger partial charge in [0.15, 0.2) is 0 Å². The van der Waals surface area contributed by atoms with E-state index in [-0.39, 0.29) is 6.61 Å². The van der Waals surface area contributed by atoms with Crippen LogP contribution < -0.4 is 4.74 Å². The third kappa shape index (κ3) is 4.14. The van der Waals surface area contributed by atoms with E-state index in [0.717, 1.165) is 11.1 Å². The lowest BCUT2D eigenvalue weighted by molar-refractivity contribution is 0.370. The highest BCUT2D eigenvalue weighted by atomic mass is 35.5. The molecule has 0 saturated carbocycles. The molecule has 0 atom stereocenters. The molecule has 2 aromatic carbocycles. The van der Waals surface area contributed by atoms with Gasteiger partial charge in [-0.25, -0.2) is 0 Å². The van der Waals surface area contributed by atoms with Crippen molar-refractivity contribution < 1.29 is 4.74 Å². The van der Waals surface area contributed by atoms with Crippen molar-refractivity contribution in [3.63, 3.8) is 0 Å². The van der Waals surface area contributed by atoms with Gasteiger partial charge in [-0.15, -0.1) is 6.42 Å². The molecule has 2 nitrogen and oxygen atoms in total. The summed E-state index contributed by atoms with van der Waals surface area (Å²) < 4.78 is 5.30. The van der Waals surface area contributed by atoms with Crippen molar-refractivity contribution in [1.82, 2.24) is 0 Å². The van der Waals surface area contributed by atoms with Crippen molar-refractivity contribution in [2.24, 2.45) is 0 Å². The van der Waals surface area contributed by atoms with Crippen LogP contribution in [0.4, 0.5) is 0 Å². The van der Waals surface area contributed by atoms with E-state index in [1.807, 2.05) is 42.5 Å². The van der Waals surface area contributed by atoms with Gasteiger partial charge in [0.05, 0.1) is 11.6 Å². The van der Waals surface area contributed by atoms with Gasteiger partial charge in [0.1, 0.15) is 12.4 Å². The molecule has 0 bridgehead atoms. The Morgan fingerprint density at radius 2 is 1.81 bits per heavy atom. The molecule has 0 aromatic heterocycles. The minimum absolute atomic E-state index is 0.239. The first-order valence-electron chi connectivity index (χ1n) is 6.27. The zero-order valence-electron chi connectivity index (χ0n) is 11.2. The molecule has 3 heteroatoms. The number of halogens is 1. The molecule has 0 aliphatic carbocycles. The SMILES string of the molecule is C#CCOc1ccc(/C=C(/C#N)c2ccc(Cl)cc2)cc1. The van der Waals surface area contributed by atoms with Gasteiger partial charge in [-0.1, -0.05) is 41.8 Å². The Balaban J connectivity index is 2.22. The summed E-state index contributed by atoms with van der Waals surface area (Å²) in [4.78, 5) is 0. The minimum atomic E-state index is 0.239. The summed E-state index contributed by atoms with van der Waals surface area (Å²) in [5.74, 6) is 3.11. The van der Waals surface area contributed by atoms with Crippen molar-refractivity contribution >= 4 is 23.3 Å². The number of ether oxygens (including phenoxy) is 1. The lowest BCUT2D eigenvalue weighted by atomic mass is 10.0. The molecule has 0 unspecified atom stereocenters. The highest BCUT2D eigenvalue weighted by Crippen LogP contribution is 2.21. The van der Waals surface area contributed by atoms with Crippen LogP contribution in [0.5, 0.6) is 5.75 Å². The number of hydrogen-bond acceptors (Lipinski definition) is 2. The molecule has 0 amide bonds. The summed E-state index contributed by atoms with van der Waals surface area (Å²) in [6.07, 6.45) is 6.95. The standard InChI is InChI=1S/C18H12ClNO/c1-2-11-21-18-9-3-14(4-10-18)12-16(13-20)15-5-7-17(19)8-6-15/h1,3-10,12H,11H2/b16-12-. The van der Waals surface area contributed by atoms with E-state index < -0.39 is 0 Å². The summed E-state index contributed by atoms with van der Waals surface area (Å²) in [5.41, 5.74) is 2.31. The zero-order valence-corrected chi connectivity index (χ0v) is 12.0. The van der Waals surface area contributed by atoms with Gasteiger partial charge < -0.3 is 4.74 Å². The van der Waals surface area contributed by atoms with Crippen LogP contribution in [0.2, 0.25) is 5.02 Å². The Labute approximate surface area is 129 Å². The molecule has 0 aliphatic rings. The van der Waals surface area contributed by atoms with Gasteiger partial charge in [0, 0.05) is 5.02 Å². The van der Waals surface area contributed by atoms with Gasteiger partial charge in [-0.3, -0.25) is 0 Å². The van der Waals surface area contributed by atoms with Gasteiger partial charge >= 0.3 is 0 Å². The number of nitriles is 1. The molecule has 2 rings (SSSR count). The van der Waals surface area contributed by atoms with Gasteiger partial charge in [0.25, 0.3) is 0 Å². The summed E-state index contributed by atoms with van der Waals surface area (Å²) in [7, 11) is 0. The van der Waals surface area contributed by atoms with Crippen LogP contribution in [0.3, 0.4) is 0 Å². The van der Waals surface area contributed by atoms with Crippen molar-refractivity contribution in [3.8, 4) is 24.2 Å². The molecule has 2 aromatic rings. The molecular weight excluding hydrogens is 282 g/mol. The molecule has 0 aliphatic heterocycles. The number of hydrogen-bond donors (Lipinski definition) is 0. The average molecular weight is 294 g/mol. The highest BCUT2D eigenvalue weighted by Gasteiger charge is 2.01. The van der Waals surface area contributed by atoms with Crippen LogP contribution in [0, 0.1) is 23.7 Å². The number of benzene rings is 2. The molecule has 0 saturated heterocycles. The maximum atomic E-state index is 9.28. The largest absolute Gasteiger partial charge is 0.481 e. The fourth-order valence-corrected chi connectivity index (χ4v) is 1.89. The first kappa shape index (κ1) is 14.7. The Morgan fingerprint density at radius 3 is 2.38 bits per heavy atom. The predicted molar refractivity (Wildman–Crippen MR) is 85.7 cm³/mol. The third-order valence-electron chi connectivity index (χ3n) is 2.79. The van der Waals surface area contributed by atoms with Crippen LogP contribution >= 0.6 is 11.6 Å². The van der Waals surface area contributed by atoms with Crippen LogP contribution in [-0.2, 0) is 0 Å². The lowest BCUT2D eigenvalue weighted by Gasteiger charge is -2.03. The van der Waals surface area contributed by atoms with Crippen LogP contribution in [0.25, 0.3) is 11.6 Å². The van der Waals surface area contributed by atoms with E-state index in [1.165, 1.54) is 0 Å². The van der Waals surface area contributed by atoms with E-state index in [4.69, 9.17) is 22.8 Å². The lowest BCUT2D eigenvalue weighted by Crippen LogP contribution is -1.92. The van der Waals surface area contributed by atoms with Crippen LogP contribution in [0.1, 0.15) is 11.1 Å². The van der Waals surface area contributed by atoms with Gasteiger partial charge in [-0.05, 0) is 41.5 Å². The number of terminal acetylenes is 1. The van der Waals surface area contributed by atoms with Crippen molar-refractivity contribution in [2.45, 2.75) is 0 Å². The third-order valence-corrected chi connectivity index (χ3v) is 3.04. The Kier molecular flexibility index (Phi) is 5.04. The smallest absolute Gasteiger partial charge is 0.148 e. The molecule has 0 N–H and O–H groups in total. The van der Waals surface area contributed by atoms with Crippen LogP contribution in [0.15, 0.2) is 48.5 Å². The Morgan fingerprint density at radius 1 is 1.14 bits per heavy atom. The monoisotopic (exact) mass is 293 g/mol. The van der Waals surface area contributed by atoms with E-state index in [1.54, 1.807) is 12.1 Å². The van der Waals surface area contributed by atoms with Crippen molar-refractivity contribution in [1.29, 1.82) is 5.26 Å². The second-order valence-electron chi connectivity index (χ2n) is 4.24. The molecule has 0 heterocycles.